The number of esters is 2. The number of cyclic esters (lactones) is 2. The number of aliphatic imine (C=N–C) groups is 2. The third-order valence-electron chi connectivity index (χ3n) is 5.97. The van der Waals surface area contributed by atoms with Crippen molar-refractivity contribution in [2.45, 2.75) is 88.1 Å². The molecule has 2 aliphatic heterocycles. The zero-order valence-electron chi connectivity index (χ0n) is 15.2. The predicted octanol–water partition coefficient (Wildman–Crippen LogP) is 3.64. The van der Waals surface area contributed by atoms with Crippen molar-refractivity contribution in [3.8, 4) is 0 Å². The molecule has 4 aliphatic rings. The summed E-state index contributed by atoms with van der Waals surface area (Å²) in [6.07, 6.45) is 14.5. The Morgan fingerprint density at radius 1 is 0.692 bits per heavy atom. The van der Waals surface area contributed by atoms with Crippen LogP contribution in [0.2, 0.25) is 0 Å². The lowest BCUT2D eigenvalue weighted by Gasteiger charge is -2.25. The summed E-state index contributed by atoms with van der Waals surface area (Å²) in [6.45, 7) is 0. The minimum Gasteiger partial charge on any atom is -0.410 e. The summed E-state index contributed by atoms with van der Waals surface area (Å²) in [4.78, 5) is 33.5. The first kappa shape index (κ1) is 17.4. The van der Waals surface area contributed by atoms with E-state index in [9.17, 15) is 9.59 Å². The third-order valence-corrected chi connectivity index (χ3v) is 5.97. The van der Waals surface area contributed by atoms with Gasteiger partial charge in [0.05, 0.1) is 0 Å². The quantitative estimate of drug-likeness (QED) is 0.568. The van der Waals surface area contributed by atoms with E-state index >= 15 is 0 Å². The maximum atomic E-state index is 12.2. The van der Waals surface area contributed by atoms with Crippen molar-refractivity contribution < 1.29 is 19.1 Å². The molecule has 2 saturated carbocycles. The van der Waals surface area contributed by atoms with Crippen molar-refractivity contribution in [1.29, 1.82) is 0 Å². The molecule has 0 aromatic carbocycles. The van der Waals surface area contributed by atoms with Gasteiger partial charge in [-0.15, -0.1) is 0 Å². The monoisotopic (exact) mass is 358 g/mol. The SMILES string of the molecule is O=C1OC(C/C=C/CC2=NC3(CCCCC3)C(=O)O2)=NC12CCCCC2. The Bertz CT molecular complexity index is 622. The highest BCUT2D eigenvalue weighted by atomic mass is 16.6. The van der Waals surface area contributed by atoms with Gasteiger partial charge < -0.3 is 9.47 Å². The minimum atomic E-state index is -0.611. The van der Waals surface area contributed by atoms with Gasteiger partial charge in [0.15, 0.2) is 22.9 Å². The van der Waals surface area contributed by atoms with Crippen molar-refractivity contribution in [3.05, 3.63) is 12.2 Å². The van der Waals surface area contributed by atoms with Crippen LogP contribution in [-0.4, -0.2) is 34.8 Å². The number of ether oxygens (including phenoxy) is 2. The number of rotatable bonds is 4. The lowest BCUT2D eigenvalue weighted by molar-refractivity contribution is -0.141. The Kier molecular flexibility index (Phi) is 4.67. The van der Waals surface area contributed by atoms with E-state index in [0.29, 0.717) is 24.6 Å². The number of carbonyl (C=O) groups is 2. The molecule has 0 saturated heterocycles. The van der Waals surface area contributed by atoms with Gasteiger partial charge in [-0.05, 0) is 25.7 Å². The molecule has 0 bridgehead atoms. The molecule has 2 fully saturated rings. The van der Waals surface area contributed by atoms with Crippen LogP contribution in [0.25, 0.3) is 0 Å². The van der Waals surface area contributed by atoms with Gasteiger partial charge in [0.1, 0.15) is 0 Å². The Balaban J connectivity index is 1.32. The van der Waals surface area contributed by atoms with Crippen molar-refractivity contribution in [2.24, 2.45) is 9.98 Å². The molecule has 0 atom stereocenters. The molecule has 140 valence electrons. The Morgan fingerprint density at radius 3 is 1.46 bits per heavy atom. The average molecular weight is 358 g/mol. The number of carbonyl (C=O) groups excluding carboxylic acids is 2. The molecular formula is C20H26N2O4. The molecule has 2 spiro atoms. The molecule has 0 radical (unpaired) electrons. The van der Waals surface area contributed by atoms with E-state index in [2.05, 4.69) is 9.98 Å². The van der Waals surface area contributed by atoms with Crippen LogP contribution in [0.15, 0.2) is 22.1 Å². The zero-order valence-corrected chi connectivity index (χ0v) is 15.2. The summed E-state index contributed by atoms with van der Waals surface area (Å²) >= 11 is 0. The highest BCUT2D eigenvalue weighted by molar-refractivity contribution is 6.01. The predicted molar refractivity (Wildman–Crippen MR) is 97.1 cm³/mol. The second kappa shape index (κ2) is 6.97. The fourth-order valence-corrected chi connectivity index (χ4v) is 4.47. The van der Waals surface area contributed by atoms with Gasteiger partial charge in [-0.25, -0.2) is 19.6 Å². The van der Waals surface area contributed by atoms with Gasteiger partial charge in [0, 0.05) is 12.8 Å². The van der Waals surface area contributed by atoms with E-state index in [1.807, 2.05) is 12.2 Å². The normalized spacial score (nSPS) is 26.9. The fraction of sp³-hybridized carbons (Fsp3) is 0.700. The van der Waals surface area contributed by atoms with E-state index in [-0.39, 0.29) is 11.9 Å². The van der Waals surface area contributed by atoms with Gasteiger partial charge in [0.2, 0.25) is 0 Å². The molecule has 4 rings (SSSR count). The standard InChI is InChI=1S/C20H26N2O4/c23-17-19(11-5-1-6-12-19)21-15(25-17)9-3-4-10-16-22-20(18(24)26-16)13-7-2-8-14-20/h3-4H,1-2,5-14H2/b4-3+. The summed E-state index contributed by atoms with van der Waals surface area (Å²) in [6, 6.07) is 0. The molecular weight excluding hydrogens is 332 g/mol. The molecule has 6 heteroatoms. The van der Waals surface area contributed by atoms with Gasteiger partial charge in [-0.1, -0.05) is 50.7 Å². The van der Waals surface area contributed by atoms with Crippen LogP contribution in [0.5, 0.6) is 0 Å². The molecule has 0 aromatic heterocycles. The summed E-state index contributed by atoms with van der Waals surface area (Å²) in [5, 5.41) is 0. The average Bonchev–Trinajstić information content (AvgIpc) is 3.10. The van der Waals surface area contributed by atoms with E-state index in [1.165, 1.54) is 12.8 Å². The molecule has 0 unspecified atom stereocenters. The van der Waals surface area contributed by atoms with Crippen molar-refractivity contribution in [2.75, 3.05) is 0 Å². The van der Waals surface area contributed by atoms with Gasteiger partial charge in [-0.2, -0.15) is 0 Å². The number of nitrogens with zero attached hydrogens (tertiary/aromatic N) is 2. The molecule has 6 nitrogen and oxygen atoms in total. The van der Waals surface area contributed by atoms with Gasteiger partial charge in [0.25, 0.3) is 0 Å². The smallest absolute Gasteiger partial charge is 0.340 e. The topological polar surface area (TPSA) is 77.3 Å². The van der Waals surface area contributed by atoms with Crippen molar-refractivity contribution >= 4 is 23.7 Å². The fourth-order valence-electron chi connectivity index (χ4n) is 4.47. The first-order chi connectivity index (χ1) is 12.6. The largest absolute Gasteiger partial charge is 0.410 e. The highest BCUT2D eigenvalue weighted by Crippen LogP contribution is 2.37. The van der Waals surface area contributed by atoms with Crippen LogP contribution in [0.1, 0.15) is 77.0 Å². The van der Waals surface area contributed by atoms with E-state index in [4.69, 9.17) is 9.47 Å². The van der Waals surface area contributed by atoms with Crippen LogP contribution in [-0.2, 0) is 19.1 Å². The van der Waals surface area contributed by atoms with Gasteiger partial charge in [-0.3, -0.25) is 0 Å². The Labute approximate surface area is 153 Å². The second-order valence-corrected chi connectivity index (χ2v) is 7.85. The highest BCUT2D eigenvalue weighted by Gasteiger charge is 2.47. The van der Waals surface area contributed by atoms with Crippen LogP contribution >= 0.6 is 0 Å². The van der Waals surface area contributed by atoms with E-state index in [1.54, 1.807) is 0 Å². The van der Waals surface area contributed by atoms with Crippen LogP contribution in [0.4, 0.5) is 0 Å². The third kappa shape index (κ3) is 3.21. The molecule has 2 heterocycles. The minimum absolute atomic E-state index is 0.186. The number of hydrogen-bond acceptors (Lipinski definition) is 6. The second-order valence-electron chi connectivity index (χ2n) is 7.85. The first-order valence-electron chi connectivity index (χ1n) is 9.89. The van der Waals surface area contributed by atoms with Crippen LogP contribution in [0, 0.1) is 0 Å². The zero-order chi connectivity index (χ0) is 18.0. The van der Waals surface area contributed by atoms with E-state index in [0.717, 1.165) is 51.4 Å². The first-order valence-corrected chi connectivity index (χ1v) is 9.89. The maximum absolute atomic E-state index is 12.2. The molecule has 0 aromatic rings. The Morgan fingerprint density at radius 2 is 1.08 bits per heavy atom. The maximum Gasteiger partial charge on any atom is 0.340 e. The Hall–Kier alpha value is -1.98. The summed E-state index contributed by atoms with van der Waals surface area (Å²) < 4.78 is 10.8. The number of hydrogen-bond donors (Lipinski definition) is 0. The molecule has 0 N–H and O–H groups in total. The summed E-state index contributed by atoms with van der Waals surface area (Å²) in [5.74, 6) is 0.632. The summed E-state index contributed by atoms with van der Waals surface area (Å²) in [5.41, 5.74) is -1.22. The van der Waals surface area contributed by atoms with Crippen LogP contribution in [0.3, 0.4) is 0 Å². The van der Waals surface area contributed by atoms with Crippen molar-refractivity contribution in [1.82, 2.24) is 0 Å². The molecule has 2 aliphatic carbocycles. The van der Waals surface area contributed by atoms with Crippen molar-refractivity contribution in [3.63, 3.8) is 0 Å². The lowest BCUT2D eigenvalue weighted by atomic mass is 9.83. The van der Waals surface area contributed by atoms with Gasteiger partial charge >= 0.3 is 11.9 Å². The molecule has 26 heavy (non-hydrogen) atoms. The van der Waals surface area contributed by atoms with E-state index < -0.39 is 11.1 Å². The lowest BCUT2D eigenvalue weighted by Crippen LogP contribution is -2.35. The summed E-state index contributed by atoms with van der Waals surface area (Å²) in [7, 11) is 0. The van der Waals surface area contributed by atoms with Crippen LogP contribution < -0.4 is 0 Å². The molecule has 0 amide bonds.